The molecule has 0 aromatic heterocycles. The van der Waals surface area contributed by atoms with Gasteiger partial charge in [-0.25, -0.2) is 4.79 Å². The van der Waals surface area contributed by atoms with Crippen LogP contribution in [0.4, 0.5) is 10.5 Å². The summed E-state index contributed by atoms with van der Waals surface area (Å²) in [7, 11) is 0. The van der Waals surface area contributed by atoms with Gasteiger partial charge < -0.3 is 20.3 Å². The van der Waals surface area contributed by atoms with Crippen LogP contribution in [-0.4, -0.2) is 61.5 Å². The summed E-state index contributed by atoms with van der Waals surface area (Å²) in [5.74, 6) is -0.0460. The number of likely N-dealkylation sites (tertiary alicyclic amines) is 1. The van der Waals surface area contributed by atoms with Gasteiger partial charge in [-0.1, -0.05) is 72.8 Å². The SMILES string of the molecule is CC(=O)NCc1ccc(C(=O)CNCCN2CCC(OC(=O)Nc3ccccc3-c3ccccc3)CC2)cc1. The maximum Gasteiger partial charge on any atom is 0.411 e. The van der Waals surface area contributed by atoms with Gasteiger partial charge in [0.05, 0.1) is 12.2 Å². The van der Waals surface area contributed by atoms with Crippen molar-refractivity contribution in [2.45, 2.75) is 32.4 Å². The Labute approximate surface area is 229 Å². The number of anilines is 1. The molecule has 0 radical (unpaired) electrons. The second-order valence-electron chi connectivity index (χ2n) is 9.69. The third-order valence-electron chi connectivity index (χ3n) is 6.76. The van der Waals surface area contributed by atoms with E-state index in [-0.39, 0.29) is 24.3 Å². The second kappa shape index (κ2) is 14.2. The Morgan fingerprint density at radius 3 is 2.31 bits per heavy atom. The van der Waals surface area contributed by atoms with Crippen LogP contribution >= 0.6 is 0 Å². The minimum absolute atomic E-state index is 0.0352. The van der Waals surface area contributed by atoms with Gasteiger partial charge in [0.1, 0.15) is 6.10 Å². The number of para-hydroxylation sites is 1. The van der Waals surface area contributed by atoms with Crippen LogP contribution in [-0.2, 0) is 16.1 Å². The predicted molar refractivity (Wildman–Crippen MR) is 153 cm³/mol. The summed E-state index contributed by atoms with van der Waals surface area (Å²) < 4.78 is 5.72. The van der Waals surface area contributed by atoms with Gasteiger partial charge in [0.15, 0.2) is 5.78 Å². The molecule has 0 aliphatic carbocycles. The molecule has 3 aromatic rings. The number of nitrogens with zero attached hydrogens (tertiary/aromatic N) is 1. The Balaban J connectivity index is 1.13. The molecule has 8 nitrogen and oxygen atoms in total. The Morgan fingerprint density at radius 1 is 0.897 bits per heavy atom. The first kappa shape index (κ1) is 28.0. The molecule has 0 atom stereocenters. The molecule has 0 bridgehead atoms. The van der Waals surface area contributed by atoms with Crippen molar-refractivity contribution in [1.82, 2.24) is 15.5 Å². The molecule has 1 heterocycles. The maximum atomic E-state index is 12.6. The van der Waals surface area contributed by atoms with Crippen molar-refractivity contribution in [3.8, 4) is 11.1 Å². The zero-order valence-corrected chi connectivity index (χ0v) is 22.3. The third-order valence-corrected chi connectivity index (χ3v) is 6.76. The number of hydrogen-bond acceptors (Lipinski definition) is 6. The van der Waals surface area contributed by atoms with E-state index in [0.717, 1.165) is 54.9 Å². The number of piperidine rings is 1. The number of rotatable bonds is 11. The van der Waals surface area contributed by atoms with Crippen molar-refractivity contribution in [1.29, 1.82) is 0 Å². The summed E-state index contributed by atoms with van der Waals surface area (Å²) in [6.45, 7) is 5.41. The van der Waals surface area contributed by atoms with Gasteiger partial charge in [0.25, 0.3) is 0 Å². The molecule has 39 heavy (non-hydrogen) atoms. The predicted octanol–water partition coefficient (Wildman–Crippen LogP) is 4.48. The standard InChI is InChI=1S/C31H36N4O4/c1-23(36)33-21-24-11-13-26(14-12-24)30(37)22-32-17-20-35-18-15-27(16-19-35)39-31(38)34-29-10-6-5-9-28(29)25-7-3-2-4-8-25/h2-14,27,32H,15-22H2,1H3,(H,33,36)(H,34,38). The molecule has 1 aliphatic rings. The van der Waals surface area contributed by atoms with Gasteiger partial charge in [-0.15, -0.1) is 0 Å². The number of ketones is 1. The Hall–Kier alpha value is -4.01. The van der Waals surface area contributed by atoms with Crippen LogP contribution in [0.1, 0.15) is 35.7 Å². The fourth-order valence-corrected chi connectivity index (χ4v) is 4.58. The van der Waals surface area contributed by atoms with E-state index in [2.05, 4.69) is 20.9 Å². The second-order valence-corrected chi connectivity index (χ2v) is 9.69. The van der Waals surface area contributed by atoms with Crippen molar-refractivity contribution < 1.29 is 19.1 Å². The highest BCUT2D eigenvalue weighted by Gasteiger charge is 2.22. The first-order valence-corrected chi connectivity index (χ1v) is 13.4. The van der Waals surface area contributed by atoms with Gasteiger partial charge >= 0.3 is 6.09 Å². The number of carbonyl (C=O) groups is 3. The van der Waals surface area contributed by atoms with Crippen LogP contribution in [0.15, 0.2) is 78.9 Å². The molecule has 204 valence electrons. The molecule has 1 saturated heterocycles. The van der Waals surface area contributed by atoms with Crippen LogP contribution in [0.25, 0.3) is 11.1 Å². The Bertz CT molecular complexity index is 1240. The van der Waals surface area contributed by atoms with Gasteiger partial charge in [-0.2, -0.15) is 0 Å². The number of ether oxygens (including phenoxy) is 1. The maximum absolute atomic E-state index is 12.6. The fraction of sp³-hybridized carbons (Fsp3) is 0.323. The lowest BCUT2D eigenvalue weighted by Gasteiger charge is -2.31. The highest BCUT2D eigenvalue weighted by atomic mass is 16.6. The van der Waals surface area contributed by atoms with E-state index in [1.807, 2.05) is 66.7 Å². The fourth-order valence-electron chi connectivity index (χ4n) is 4.58. The molecule has 2 amide bonds. The minimum atomic E-state index is -0.430. The van der Waals surface area contributed by atoms with Crippen LogP contribution in [0.5, 0.6) is 0 Å². The number of Topliss-reactive ketones (excluding diaryl/α,β-unsaturated/α-hetero) is 1. The molecule has 0 saturated carbocycles. The summed E-state index contributed by atoms with van der Waals surface area (Å²) in [5, 5.41) is 8.89. The molecule has 3 N–H and O–H groups in total. The largest absolute Gasteiger partial charge is 0.446 e. The van der Waals surface area contributed by atoms with Crippen LogP contribution < -0.4 is 16.0 Å². The number of hydrogen-bond donors (Lipinski definition) is 3. The lowest BCUT2D eigenvalue weighted by Crippen LogP contribution is -2.42. The van der Waals surface area contributed by atoms with E-state index in [1.54, 1.807) is 12.1 Å². The molecule has 0 unspecified atom stereocenters. The topological polar surface area (TPSA) is 99.8 Å². The van der Waals surface area contributed by atoms with E-state index < -0.39 is 6.09 Å². The van der Waals surface area contributed by atoms with Gasteiger partial charge in [-0.3, -0.25) is 14.9 Å². The summed E-state index contributed by atoms with van der Waals surface area (Å²) in [4.78, 5) is 38.4. The monoisotopic (exact) mass is 528 g/mol. The van der Waals surface area contributed by atoms with Crippen LogP contribution in [0, 0.1) is 0 Å². The summed E-state index contributed by atoms with van der Waals surface area (Å²) in [6, 6.07) is 25.0. The van der Waals surface area contributed by atoms with Crippen molar-refractivity contribution >= 4 is 23.5 Å². The molecular weight excluding hydrogens is 492 g/mol. The molecule has 8 heteroatoms. The lowest BCUT2D eigenvalue weighted by molar-refractivity contribution is -0.119. The van der Waals surface area contributed by atoms with E-state index in [1.165, 1.54) is 6.92 Å². The average Bonchev–Trinajstić information content (AvgIpc) is 2.96. The van der Waals surface area contributed by atoms with Gasteiger partial charge in [-0.05, 0) is 30.0 Å². The van der Waals surface area contributed by atoms with Crippen LogP contribution in [0.2, 0.25) is 0 Å². The third kappa shape index (κ3) is 8.77. The minimum Gasteiger partial charge on any atom is -0.446 e. The Kier molecular flexibility index (Phi) is 10.2. The summed E-state index contributed by atoms with van der Waals surface area (Å²) in [5.41, 5.74) is 4.32. The average molecular weight is 529 g/mol. The van der Waals surface area contributed by atoms with Gasteiger partial charge in [0, 0.05) is 50.8 Å². The van der Waals surface area contributed by atoms with Crippen molar-refractivity contribution in [2.24, 2.45) is 0 Å². The zero-order chi connectivity index (χ0) is 27.5. The van der Waals surface area contributed by atoms with E-state index >= 15 is 0 Å². The molecule has 4 rings (SSSR count). The van der Waals surface area contributed by atoms with E-state index in [0.29, 0.717) is 18.7 Å². The smallest absolute Gasteiger partial charge is 0.411 e. The van der Waals surface area contributed by atoms with Gasteiger partial charge in [0.2, 0.25) is 5.91 Å². The number of carbonyl (C=O) groups excluding carboxylic acids is 3. The normalized spacial score (nSPS) is 14.0. The quantitative estimate of drug-likeness (QED) is 0.251. The number of benzene rings is 3. The Morgan fingerprint density at radius 2 is 1.59 bits per heavy atom. The van der Waals surface area contributed by atoms with Crippen molar-refractivity contribution in [3.05, 3.63) is 90.0 Å². The highest BCUT2D eigenvalue weighted by molar-refractivity contribution is 5.97. The number of nitrogens with one attached hydrogen (secondary N) is 3. The first-order valence-electron chi connectivity index (χ1n) is 13.4. The lowest BCUT2D eigenvalue weighted by atomic mass is 10.0. The molecule has 0 spiro atoms. The summed E-state index contributed by atoms with van der Waals surface area (Å²) in [6.07, 6.45) is 1.00. The molecule has 1 fully saturated rings. The van der Waals surface area contributed by atoms with Crippen molar-refractivity contribution in [3.63, 3.8) is 0 Å². The van der Waals surface area contributed by atoms with Crippen LogP contribution in [0.3, 0.4) is 0 Å². The van der Waals surface area contributed by atoms with E-state index in [9.17, 15) is 14.4 Å². The zero-order valence-electron chi connectivity index (χ0n) is 22.3. The van der Waals surface area contributed by atoms with Crippen molar-refractivity contribution in [2.75, 3.05) is 38.0 Å². The molecule has 3 aromatic carbocycles. The highest BCUT2D eigenvalue weighted by Crippen LogP contribution is 2.28. The van der Waals surface area contributed by atoms with E-state index in [4.69, 9.17) is 4.74 Å². The summed E-state index contributed by atoms with van der Waals surface area (Å²) >= 11 is 0. The molecular formula is C31H36N4O4. The number of amides is 2. The molecule has 1 aliphatic heterocycles. The first-order chi connectivity index (χ1) is 19.0.